The number of piperidine rings is 1. The molecule has 0 spiro atoms. The van der Waals surface area contributed by atoms with Crippen molar-refractivity contribution in [2.75, 3.05) is 33.4 Å². The number of rotatable bonds is 7. The van der Waals surface area contributed by atoms with Crippen molar-refractivity contribution in [3.8, 4) is 0 Å². The summed E-state index contributed by atoms with van der Waals surface area (Å²) in [6, 6.07) is 0. The Morgan fingerprint density at radius 2 is 2.29 bits per heavy atom. The molecule has 0 saturated carbocycles. The lowest BCUT2D eigenvalue weighted by molar-refractivity contribution is -0.147. The largest absolute Gasteiger partial charge is 0.382 e. The molecule has 0 aliphatic carbocycles. The number of hydrogen-bond acceptors (Lipinski definition) is 4. The van der Waals surface area contributed by atoms with Gasteiger partial charge in [0.15, 0.2) is 0 Å². The molecule has 1 amide bonds. The molecule has 0 aromatic carbocycles. The maximum Gasteiger partial charge on any atom is 0.251 e. The number of ether oxygens (including phenoxy) is 1. The van der Waals surface area contributed by atoms with Crippen molar-refractivity contribution >= 4 is 5.91 Å². The van der Waals surface area contributed by atoms with Crippen LogP contribution >= 0.6 is 0 Å². The van der Waals surface area contributed by atoms with Crippen LogP contribution in [0.3, 0.4) is 0 Å². The highest BCUT2D eigenvalue weighted by Gasteiger charge is 2.38. The first kappa shape index (κ1) is 14.4. The van der Waals surface area contributed by atoms with Crippen molar-refractivity contribution < 1.29 is 14.4 Å². The number of methoxy groups -OCH3 is 1. The molecule has 5 nitrogen and oxygen atoms in total. The Bertz CT molecular complexity index is 222. The topological polar surface area (TPSA) is 59.6 Å². The molecule has 100 valence electrons. The lowest BCUT2D eigenvalue weighted by Gasteiger charge is -2.35. The van der Waals surface area contributed by atoms with E-state index >= 15 is 0 Å². The smallest absolute Gasteiger partial charge is 0.251 e. The summed E-state index contributed by atoms with van der Waals surface area (Å²) < 4.78 is 4.85. The summed E-state index contributed by atoms with van der Waals surface area (Å²) in [5.74, 6) is 0.00246. The Kier molecular flexibility index (Phi) is 6.47. The van der Waals surface area contributed by atoms with Gasteiger partial charge in [-0.1, -0.05) is 13.3 Å². The summed E-state index contributed by atoms with van der Waals surface area (Å²) >= 11 is 0. The summed E-state index contributed by atoms with van der Waals surface area (Å²) in [5.41, 5.74) is 2.26. The lowest BCUT2D eigenvalue weighted by atomic mass is 9.76. The van der Waals surface area contributed by atoms with Crippen LogP contribution in [-0.4, -0.2) is 39.3 Å². The zero-order valence-corrected chi connectivity index (χ0v) is 10.9. The Balaban J connectivity index is 2.42. The number of carbonyl (C=O) groups excluding carboxylic acids is 1. The fourth-order valence-corrected chi connectivity index (χ4v) is 2.32. The molecule has 1 aliphatic rings. The van der Waals surface area contributed by atoms with E-state index in [1.807, 2.05) is 0 Å². The molecule has 17 heavy (non-hydrogen) atoms. The third-order valence-electron chi connectivity index (χ3n) is 3.24. The monoisotopic (exact) mass is 244 g/mol. The van der Waals surface area contributed by atoms with Gasteiger partial charge in [0.2, 0.25) is 0 Å². The average molecular weight is 244 g/mol. The normalized spacial score (nSPS) is 24.6. The fourth-order valence-electron chi connectivity index (χ4n) is 2.32. The molecule has 1 rings (SSSR count). The third kappa shape index (κ3) is 4.26. The van der Waals surface area contributed by atoms with Gasteiger partial charge in [-0.05, 0) is 25.8 Å². The molecule has 1 fully saturated rings. The highest BCUT2D eigenvalue weighted by Crippen LogP contribution is 2.31. The van der Waals surface area contributed by atoms with Crippen molar-refractivity contribution in [2.45, 2.75) is 32.6 Å². The molecule has 1 unspecified atom stereocenters. The highest BCUT2D eigenvalue weighted by molar-refractivity contribution is 5.82. The SMILES string of the molecule is CCCC1(C(=O)NOCCOC)CCCNC1. The maximum atomic E-state index is 12.2. The first-order valence-corrected chi connectivity index (χ1v) is 6.37. The molecule has 5 heteroatoms. The lowest BCUT2D eigenvalue weighted by Crippen LogP contribution is -2.50. The van der Waals surface area contributed by atoms with Crippen LogP contribution in [0, 0.1) is 5.41 Å². The summed E-state index contributed by atoms with van der Waals surface area (Å²) in [4.78, 5) is 17.3. The van der Waals surface area contributed by atoms with E-state index in [9.17, 15) is 4.79 Å². The molecule has 1 heterocycles. The third-order valence-corrected chi connectivity index (χ3v) is 3.24. The molecule has 2 N–H and O–H groups in total. The number of carbonyl (C=O) groups is 1. The van der Waals surface area contributed by atoms with Crippen LogP contribution in [0.1, 0.15) is 32.6 Å². The van der Waals surface area contributed by atoms with E-state index in [1.165, 1.54) is 0 Å². The van der Waals surface area contributed by atoms with E-state index < -0.39 is 0 Å². The van der Waals surface area contributed by atoms with E-state index in [4.69, 9.17) is 9.57 Å². The van der Waals surface area contributed by atoms with Gasteiger partial charge in [0.1, 0.15) is 0 Å². The minimum atomic E-state index is -0.292. The van der Waals surface area contributed by atoms with Crippen molar-refractivity contribution in [1.29, 1.82) is 0 Å². The second-order valence-electron chi connectivity index (χ2n) is 4.58. The van der Waals surface area contributed by atoms with Gasteiger partial charge in [0.05, 0.1) is 18.6 Å². The van der Waals surface area contributed by atoms with Crippen LogP contribution in [-0.2, 0) is 14.4 Å². The Labute approximate surface area is 103 Å². The first-order chi connectivity index (χ1) is 8.25. The average Bonchev–Trinajstić information content (AvgIpc) is 2.36. The zero-order valence-electron chi connectivity index (χ0n) is 10.9. The van der Waals surface area contributed by atoms with E-state index in [2.05, 4.69) is 17.7 Å². The quantitative estimate of drug-likeness (QED) is 0.515. The van der Waals surface area contributed by atoms with Gasteiger partial charge in [0, 0.05) is 13.7 Å². The van der Waals surface area contributed by atoms with Gasteiger partial charge in [-0.3, -0.25) is 9.63 Å². The van der Waals surface area contributed by atoms with E-state index in [0.29, 0.717) is 13.2 Å². The van der Waals surface area contributed by atoms with Crippen LogP contribution in [0.25, 0.3) is 0 Å². The molecule has 1 atom stereocenters. The number of nitrogens with one attached hydrogen (secondary N) is 2. The van der Waals surface area contributed by atoms with Gasteiger partial charge in [-0.25, -0.2) is 5.48 Å². The second kappa shape index (κ2) is 7.63. The van der Waals surface area contributed by atoms with Gasteiger partial charge >= 0.3 is 0 Å². The van der Waals surface area contributed by atoms with Crippen LogP contribution in [0.15, 0.2) is 0 Å². The van der Waals surface area contributed by atoms with Gasteiger partial charge in [0.25, 0.3) is 5.91 Å². The summed E-state index contributed by atoms with van der Waals surface area (Å²) in [6.07, 6.45) is 3.89. The summed E-state index contributed by atoms with van der Waals surface area (Å²) in [5, 5.41) is 3.30. The van der Waals surface area contributed by atoms with Crippen LogP contribution < -0.4 is 10.8 Å². The van der Waals surface area contributed by atoms with Crippen LogP contribution in [0.5, 0.6) is 0 Å². The molecule has 1 saturated heterocycles. The molecular weight excluding hydrogens is 220 g/mol. The zero-order chi connectivity index (χ0) is 12.6. The van der Waals surface area contributed by atoms with Crippen molar-refractivity contribution in [2.24, 2.45) is 5.41 Å². The van der Waals surface area contributed by atoms with Crippen molar-refractivity contribution in [3.05, 3.63) is 0 Å². The maximum absolute atomic E-state index is 12.2. The predicted octanol–water partition coefficient (Wildman–Crippen LogP) is 0.851. The standard InChI is InChI=1S/C12H24N2O3/c1-3-5-12(6-4-7-13-10-12)11(15)14-17-9-8-16-2/h13H,3-10H2,1-2H3,(H,14,15). The van der Waals surface area contributed by atoms with Crippen molar-refractivity contribution in [3.63, 3.8) is 0 Å². The van der Waals surface area contributed by atoms with Crippen molar-refractivity contribution in [1.82, 2.24) is 10.8 Å². The first-order valence-electron chi connectivity index (χ1n) is 6.37. The van der Waals surface area contributed by atoms with Gasteiger partial charge in [-0.15, -0.1) is 0 Å². The van der Waals surface area contributed by atoms with E-state index in [0.717, 1.165) is 38.8 Å². The molecule has 0 aromatic rings. The molecule has 0 aromatic heterocycles. The Morgan fingerprint density at radius 3 is 2.88 bits per heavy atom. The van der Waals surface area contributed by atoms with Gasteiger partial charge in [-0.2, -0.15) is 0 Å². The predicted molar refractivity (Wildman–Crippen MR) is 65.4 cm³/mol. The second-order valence-corrected chi connectivity index (χ2v) is 4.58. The van der Waals surface area contributed by atoms with Crippen LogP contribution in [0.2, 0.25) is 0 Å². The minimum absolute atomic E-state index is 0.00246. The number of amides is 1. The fraction of sp³-hybridized carbons (Fsp3) is 0.917. The number of hydroxylamine groups is 1. The Hall–Kier alpha value is -0.650. The van der Waals surface area contributed by atoms with Crippen LogP contribution in [0.4, 0.5) is 0 Å². The number of hydrogen-bond donors (Lipinski definition) is 2. The summed E-state index contributed by atoms with van der Waals surface area (Å²) in [7, 11) is 1.61. The molecule has 1 aliphatic heterocycles. The minimum Gasteiger partial charge on any atom is -0.382 e. The molecular formula is C12H24N2O3. The van der Waals surface area contributed by atoms with Gasteiger partial charge < -0.3 is 10.1 Å². The molecule has 0 radical (unpaired) electrons. The Morgan fingerprint density at radius 1 is 1.47 bits per heavy atom. The molecule has 0 bridgehead atoms. The van der Waals surface area contributed by atoms with E-state index in [-0.39, 0.29) is 11.3 Å². The summed E-state index contributed by atoms with van der Waals surface area (Å²) in [6.45, 7) is 4.73. The van der Waals surface area contributed by atoms with E-state index in [1.54, 1.807) is 7.11 Å². The highest BCUT2D eigenvalue weighted by atomic mass is 16.7.